The van der Waals surface area contributed by atoms with Crippen molar-refractivity contribution in [2.24, 2.45) is 5.41 Å². The Bertz CT molecular complexity index is 318. The fourth-order valence-electron chi connectivity index (χ4n) is 2.56. The van der Waals surface area contributed by atoms with E-state index in [1.165, 1.54) is 0 Å². The third-order valence-corrected chi connectivity index (χ3v) is 3.43. The molecule has 1 saturated heterocycles. The van der Waals surface area contributed by atoms with Gasteiger partial charge in [0.15, 0.2) is 0 Å². The summed E-state index contributed by atoms with van der Waals surface area (Å²) < 4.78 is 5.49. The van der Waals surface area contributed by atoms with E-state index < -0.39 is 11.7 Å². The molecular formula is C15H29NO3. The number of aliphatic hydroxyl groups excluding tert-OH is 1. The maximum Gasteiger partial charge on any atom is 0.410 e. The molecule has 1 N–H and O–H groups in total. The van der Waals surface area contributed by atoms with E-state index in [1.54, 1.807) is 6.92 Å². The zero-order valence-corrected chi connectivity index (χ0v) is 13.2. The highest BCUT2D eigenvalue weighted by molar-refractivity contribution is 5.68. The minimum Gasteiger partial charge on any atom is -0.444 e. The molecule has 4 nitrogen and oxygen atoms in total. The lowest BCUT2D eigenvalue weighted by atomic mass is 9.80. The normalized spacial score (nSPS) is 25.0. The predicted octanol–water partition coefficient (Wildman–Crippen LogP) is 3.18. The van der Waals surface area contributed by atoms with Gasteiger partial charge in [-0.15, -0.1) is 0 Å². The number of carbonyl (C=O) groups excluding carboxylic acids is 1. The molecule has 1 heterocycles. The smallest absolute Gasteiger partial charge is 0.410 e. The van der Waals surface area contributed by atoms with Crippen molar-refractivity contribution >= 4 is 6.09 Å². The Hall–Kier alpha value is -0.770. The van der Waals surface area contributed by atoms with Crippen molar-refractivity contribution < 1.29 is 14.6 Å². The van der Waals surface area contributed by atoms with Crippen LogP contribution in [-0.4, -0.2) is 40.4 Å². The van der Waals surface area contributed by atoms with Gasteiger partial charge in [0.25, 0.3) is 0 Å². The summed E-state index contributed by atoms with van der Waals surface area (Å²) in [7, 11) is 0. The average Bonchev–Trinajstić information content (AvgIpc) is 2.17. The van der Waals surface area contributed by atoms with Crippen LogP contribution in [0.25, 0.3) is 0 Å². The molecular weight excluding hydrogens is 242 g/mol. The number of aliphatic hydroxyl groups is 1. The van der Waals surface area contributed by atoms with Gasteiger partial charge in [-0.1, -0.05) is 13.8 Å². The second kappa shape index (κ2) is 5.70. The minimum absolute atomic E-state index is 0.0860. The highest BCUT2D eigenvalue weighted by Gasteiger charge is 2.37. The molecule has 1 unspecified atom stereocenters. The van der Waals surface area contributed by atoms with Crippen LogP contribution in [0.2, 0.25) is 0 Å². The Morgan fingerprint density at radius 3 is 2.53 bits per heavy atom. The average molecular weight is 271 g/mol. The van der Waals surface area contributed by atoms with Crippen molar-refractivity contribution in [3.63, 3.8) is 0 Å². The van der Waals surface area contributed by atoms with Gasteiger partial charge in [-0.2, -0.15) is 0 Å². The van der Waals surface area contributed by atoms with Crippen LogP contribution >= 0.6 is 0 Å². The van der Waals surface area contributed by atoms with Gasteiger partial charge < -0.3 is 14.7 Å². The van der Waals surface area contributed by atoms with E-state index in [0.29, 0.717) is 13.0 Å². The Kier molecular flexibility index (Phi) is 4.88. The number of amides is 1. The summed E-state index contributed by atoms with van der Waals surface area (Å²) in [6.07, 6.45) is 1.97. The first kappa shape index (κ1) is 16.3. The molecule has 0 saturated carbocycles. The van der Waals surface area contributed by atoms with E-state index in [1.807, 2.05) is 25.7 Å². The van der Waals surface area contributed by atoms with Crippen LogP contribution in [0.5, 0.6) is 0 Å². The Balaban J connectivity index is 2.79. The summed E-state index contributed by atoms with van der Waals surface area (Å²) in [5.74, 6) is 0. The molecule has 112 valence electrons. The van der Waals surface area contributed by atoms with E-state index in [9.17, 15) is 9.90 Å². The number of hydrogen-bond donors (Lipinski definition) is 1. The molecule has 0 radical (unpaired) electrons. The van der Waals surface area contributed by atoms with Gasteiger partial charge in [0.2, 0.25) is 0 Å². The number of nitrogens with zero attached hydrogens (tertiary/aromatic N) is 1. The number of ether oxygens (including phenoxy) is 1. The Labute approximate surface area is 117 Å². The topological polar surface area (TPSA) is 49.8 Å². The molecule has 4 heteroatoms. The Morgan fingerprint density at radius 2 is 2.05 bits per heavy atom. The second-order valence-electron chi connectivity index (χ2n) is 7.55. The molecule has 0 aliphatic carbocycles. The van der Waals surface area contributed by atoms with Crippen molar-refractivity contribution in [3.05, 3.63) is 0 Å². The quantitative estimate of drug-likeness (QED) is 0.839. The molecule has 0 bridgehead atoms. The molecule has 0 aromatic heterocycles. The molecule has 1 rings (SSSR count). The van der Waals surface area contributed by atoms with Crippen molar-refractivity contribution in [3.8, 4) is 0 Å². The van der Waals surface area contributed by atoms with E-state index >= 15 is 0 Å². The van der Waals surface area contributed by atoms with Gasteiger partial charge in [-0.05, 0) is 52.4 Å². The molecule has 0 spiro atoms. The van der Waals surface area contributed by atoms with Gasteiger partial charge in [-0.25, -0.2) is 4.79 Å². The van der Waals surface area contributed by atoms with Crippen LogP contribution in [-0.2, 0) is 4.74 Å². The lowest BCUT2D eigenvalue weighted by molar-refractivity contribution is -0.0150. The SMILES string of the molecule is C[C@@H](O)CC1CCC(C)(C)CN1C(=O)OC(C)(C)C. The number of hydrogen-bond acceptors (Lipinski definition) is 3. The number of piperidine rings is 1. The molecule has 1 aliphatic rings. The second-order valence-corrected chi connectivity index (χ2v) is 7.55. The third kappa shape index (κ3) is 5.39. The van der Waals surface area contributed by atoms with E-state index in [0.717, 1.165) is 12.8 Å². The van der Waals surface area contributed by atoms with Crippen LogP contribution in [0.4, 0.5) is 4.79 Å². The maximum absolute atomic E-state index is 12.3. The summed E-state index contributed by atoms with van der Waals surface area (Å²) in [6, 6.07) is 0.0860. The van der Waals surface area contributed by atoms with Crippen LogP contribution in [0.1, 0.15) is 60.8 Å². The van der Waals surface area contributed by atoms with Crippen molar-refractivity contribution in [2.45, 2.75) is 78.6 Å². The first-order valence-electron chi connectivity index (χ1n) is 7.18. The number of likely N-dealkylation sites (tertiary alicyclic amines) is 1. The fourth-order valence-corrected chi connectivity index (χ4v) is 2.56. The molecule has 0 aromatic rings. The highest BCUT2D eigenvalue weighted by atomic mass is 16.6. The van der Waals surface area contributed by atoms with Gasteiger partial charge in [0.05, 0.1) is 6.10 Å². The van der Waals surface area contributed by atoms with Crippen molar-refractivity contribution in [1.82, 2.24) is 4.90 Å². The Morgan fingerprint density at radius 1 is 1.47 bits per heavy atom. The third-order valence-electron chi connectivity index (χ3n) is 3.43. The lowest BCUT2D eigenvalue weighted by Gasteiger charge is -2.44. The van der Waals surface area contributed by atoms with Crippen molar-refractivity contribution in [2.75, 3.05) is 6.54 Å². The van der Waals surface area contributed by atoms with E-state index in [2.05, 4.69) is 13.8 Å². The van der Waals surface area contributed by atoms with Crippen molar-refractivity contribution in [1.29, 1.82) is 0 Å². The summed E-state index contributed by atoms with van der Waals surface area (Å²) in [4.78, 5) is 14.1. The van der Waals surface area contributed by atoms with E-state index in [-0.39, 0.29) is 17.6 Å². The summed E-state index contributed by atoms with van der Waals surface area (Å²) >= 11 is 0. The zero-order valence-electron chi connectivity index (χ0n) is 13.2. The minimum atomic E-state index is -0.478. The van der Waals surface area contributed by atoms with Gasteiger partial charge in [0.1, 0.15) is 5.60 Å². The standard InChI is InChI=1S/C15H29NO3/c1-11(17)9-12-7-8-15(5,6)10-16(12)13(18)19-14(2,3)4/h11-12,17H,7-10H2,1-6H3/t11-,12?/m1/s1. The molecule has 2 atom stereocenters. The molecule has 1 fully saturated rings. The van der Waals surface area contributed by atoms with Gasteiger partial charge in [-0.3, -0.25) is 0 Å². The lowest BCUT2D eigenvalue weighted by Crippen LogP contribution is -2.52. The summed E-state index contributed by atoms with van der Waals surface area (Å²) in [5.41, 5.74) is -0.361. The van der Waals surface area contributed by atoms with Crippen LogP contribution in [0.3, 0.4) is 0 Å². The van der Waals surface area contributed by atoms with Gasteiger partial charge in [0, 0.05) is 12.6 Å². The van der Waals surface area contributed by atoms with Crippen LogP contribution in [0, 0.1) is 5.41 Å². The zero-order chi connectivity index (χ0) is 14.8. The van der Waals surface area contributed by atoms with Crippen LogP contribution in [0.15, 0.2) is 0 Å². The number of rotatable bonds is 2. The number of carbonyl (C=O) groups is 1. The highest BCUT2D eigenvalue weighted by Crippen LogP contribution is 2.34. The summed E-state index contributed by atoms with van der Waals surface area (Å²) in [6.45, 7) is 12.4. The first-order chi connectivity index (χ1) is 8.50. The molecule has 1 amide bonds. The molecule has 1 aliphatic heterocycles. The summed E-state index contributed by atoms with van der Waals surface area (Å²) in [5, 5.41) is 9.59. The largest absolute Gasteiger partial charge is 0.444 e. The molecule has 0 aromatic carbocycles. The fraction of sp³-hybridized carbons (Fsp3) is 0.933. The van der Waals surface area contributed by atoms with Crippen LogP contribution < -0.4 is 0 Å². The molecule has 19 heavy (non-hydrogen) atoms. The monoisotopic (exact) mass is 271 g/mol. The van der Waals surface area contributed by atoms with E-state index in [4.69, 9.17) is 4.74 Å². The predicted molar refractivity (Wildman–Crippen MR) is 76.0 cm³/mol. The van der Waals surface area contributed by atoms with Gasteiger partial charge >= 0.3 is 6.09 Å². The maximum atomic E-state index is 12.3. The first-order valence-corrected chi connectivity index (χ1v) is 7.18.